The number of ether oxygens (including phenoxy) is 1. The van der Waals surface area contributed by atoms with Crippen LogP contribution in [-0.4, -0.2) is 41.5 Å². The van der Waals surface area contributed by atoms with E-state index in [9.17, 15) is 4.79 Å². The van der Waals surface area contributed by atoms with Crippen molar-refractivity contribution in [2.45, 2.75) is 51.7 Å². The third-order valence-electron chi connectivity index (χ3n) is 5.14. The Bertz CT molecular complexity index is 736. The molecule has 0 fully saturated rings. The van der Waals surface area contributed by atoms with Crippen LogP contribution in [0.25, 0.3) is 0 Å². The molecule has 150 valence electrons. The van der Waals surface area contributed by atoms with E-state index in [-0.39, 0.29) is 12.0 Å². The zero-order valence-electron chi connectivity index (χ0n) is 16.8. The van der Waals surface area contributed by atoms with Gasteiger partial charge in [0.05, 0.1) is 0 Å². The summed E-state index contributed by atoms with van der Waals surface area (Å²) in [6.45, 7) is 5.33. The van der Waals surface area contributed by atoms with Crippen molar-refractivity contribution < 1.29 is 9.53 Å². The molecule has 2 aromatic rings. The van der Waals surface area contributed by atoms with Gasteiger partial charge in [-0.3, -0.25) is 14.7 Å². The molecule has 5 heteroatoms. The predicted octanol–water partition coefficient (Wildman–Crippen LogP) is 3.58. The molecule has 1 aliphatic heterocycles. The van der Waals surface area contributed by atoms with Crippen molar-refractivity contribution in [1.29, 1.82) is 0 Å². The van der Waals surface area contributed by atoms with E-state index in [2.05, 4.69) is 40.3 Å². The molecule has 0 spiro atoms. The summed E-state index contributed by atoms with van der Waals surface area (Å²) in [5.41, 5.74) is 2.40. The number of hydrogen-bond acceptors (Lipinski definition) is 4. The summed E-state index contributed by atoms with van der Waals surface area (Å²) in [5, 5.41) is 3.03. The molecule has 2 heterocycles. The predicted molar refractivity (Wildman–Crippen MR) is 111 cm³/mol. The van der Waals surface area contributed by atoms with Crippen molar-refractivity contribution in [2.75, 3.05) is 19.6 Å². The second-order valence-corrected chi connectivity index (χ2v) is 7.43. The van der Waals surface area contributed by atoms with Crippen molar-refractivity contribution in [3.8, 4) is 5.75 Å². The topological polar surface area (TPSA) is 54.5 Å². The smallest absolute Gasteiger partial charge is 0.221 e. The number of fused-ring (bicyclic) bond motifs is 1. The van der Waals surface area contributed by atoms with Gasteiger partial charge in [0.25, 0.3) is 0 Å². The van der Waals surface area contributed by atoms with E-state index < -0.39 is 0 Å². The summed E-state index contributed by atoms with van der Waals surface area (Å²) in [7, 11) is 0. The number of amides is 1. The van der Waals surface area contributed by atoms with Crippen LogP contribution in [0.1, 0.15) is 43.7 Å². The summed E-state index contributed by atoms with van der Waals surface area (Å²) in [5.74, 6) is 1.10. The highest BCUT2D eigenvalue weighted by molar-refractivity contribution is 5.76. The number of unbranched alkanes of at least 4 members (excludes halogenated alkanes) is 1. The van der Waals surface area contributed by atoms with Gasteiger partial charge in [-0.05, 0) is 43.0 Å². The van der Waals surface area contributed by atoms with Crippen molar-refractivity contribution in [3.05, 3.63) is 59.9 Å². The van der Waals surface area contributed by atoms with Crippen LogP contribution in [-0.2, 0) is 17.8 Å². The Hall–Kier alpha value is -2.40. The Labute approximate surface area is 168 Å². The average molecular weight is 382 g/mol. The molecular formula is C23H31N3O2. The van der Waals surface area contributed by atoms with Crippen LogP contribution in [0.2, 0.25) is 0 Å². The molecule has 1 aliphatic rings. The molecule has 1 atom stereocenters. The lowest BCUT2D eigenvalue weighted by atomic mass is 10.1. The molecule has 1 amide bonds. The number of benzene rings is 1. The monoisotopic (exact) mass is 381 g/mol. The van der Waals surface area contributed by atoms with Gasteiger partial charge in [0.2, 0.25) is 5.91 Å². The van der Waals surface area contributed by atoms with E-state index >= 15 is 0 Å². The summed E-state index contributed by atoms with van der Waals surface area (Å²) in [6, 6.07) is 12.2. The number of carbonyl (C=O) groups excluding carboxylic acids is 1. The first-order valence-corrected chi connectivity index (χ1v) is 10.4. The molecule has 1 aromatic heterocycles. The highest BCUT2D eigenvalue weighted by Crippen LogP contribution is 2.26. The van der Waals surface area contributed by atoms with Gasteiger partial charge < -0.3 is 10.1 Å². The number of rotatable bonds is 9. The molecule has 0 unspecified atom stereocenters. The minimum Gasteiger partial charge on any atom is -0.489 e. The Morgan fingerprint density at radius 2 is 2.07 bits per heavy atom. The molecule has 0 saturated carbocycles. The van der Waals surface area contributed by atoms with Crippen LogP contribution < -0.4 is 10.1 Å². The first kappa shape index (κ1) is 20.3. The van der Waals surface area contributed by atoms with E-state index in [0.29, 0.717) is 13.0 Å². The van der Waals surface area contributed by atoms with Crippen LogP contribution >= 0.6 is 0 Å². The minimum atomic E-state index is 0.109. The van der Waals surface area contributed by atoms with Crippen LogP contribution in [0, 0.1) is 0 Å². The largest absolute Gasteiger partial charge is 0.489 e. The molecule has 28 heavy (non-hydrogen) atoms. The molecule has 0 aliphatic carbocycles. The van der Waals surface area contributed by atoms with Crippen molar-refractivity contribution in [3.63, 3.8) is 0 Å². The van der Waals surface area contributed by atoms with Gasteiger partial charge in [-0.2, -0.15) is 0 Å². The molecule has 5 nitrogen and oxygen atoms in total. The lowest BCUT2D eigenvalue weighted by Crippen LogP contribution is -2.36. The minimum absolute atomic E-state index is 0.109. The van der Waals surface area contributed by atoms with Crippen LogP contribution in [0.5, 0.6) is 5.75 Å². The fourth-order valence-corrected chi connectivity index (χ4v) is 3.56. The highest BCUT2D eigenvalue weighted by Gasteiger charge is 2.22. The normalized spacial score (nSPS) is 16.7. The highest BCUT2D eigenvalue weighted by atomic mass is 16.5. The summed E-state index contributed by atoms with van der Waals surface area (Å²) in [4.78, 5) is 18.7. The quantitative estimate of drug-likeness (QED) is 0.721. The number of pyridine rings is 1. The molecule has 1 N–H and O–H groups in total. The van der Waals surface area contributed by atoms with Crippen LogP contribution in [0.15, 0.2) is 48.8 Å². The number of para-hydroxylation sites is 1. The first-order chi connectivity index (χ1) is 13.7. The number of hydrogen-bond donors (Lipinski definition) is 1. The van der Waals surface area contributed by atoms with E-state index in [1.54, 1.807) is 12.4 Å². The zero-order chi connectivity index (χ0) is 19.6. The average Bonchev–Trinajstić information content (AvgIpc) is 2.90. The Balaban J connectivity index is 1.48. The number of nitrogens with one attached hydrogen (secondary N) is 1. The SMILES string of the molecule is CCCC[C@@H]1CN(CCC(=O)NCCc2ccncc2)Cc2ccccc2O1. The second kappa shape index (κ2) is 10.8. The van der Waals surface area contributed by atoms with Crippen molar-refractivity contribution in [1.82, 2.24) is 15.2 Å². The van der Waals surface area contributed by atoms with Gasteiger partial charge in [-0.15, -0.1) is 0 Å². The van der Waals surface area contributed by atoms with Gasteiger partial charge >= 0.3 is 0 Å². The molecular weight excluding hydrogens is 350 g/mol. The second-order valence-electron chi connectivity index (χ2n) is 7.43. The van der Waals surface area contributed by atoms with Gasteiger partial charge in [0.1, 0.15) is 11.9 Å². The van der Waals surface area contributed by atoms with Crippen LogP contribution in [0.4, 0.5) is 0 Å². The number of carbonyl (C=O) groups is 1. The van der Waals surface area contributed by atoms with E-state index in [1.807, 2.05) is 18.2 Å². The van der Waals surface area contributed by atoms with E-state index in [4.69, 9.17) is 4.74 Å². The van der Waals surface area contributed by atoms with Gasteiger partial charge in [0.15, 0.2) is 0 Å². The van der Waals surface area contributed by atoms with E-state index in [0.717, 1.165) is 44.6 Å². The van der Waals surface area contributed by atoms with Gasteiger partial charge in [-0.1, -0.05) is 31.5 Å². The molecule has 0 saturated heterocycles. The Morgan fingerprint density at radius 1 is 1.25 bits per heavy atom. The summed E-state index contributed by atoms with van der Waals surface area (Å²) in [6.07, 6.45) is 8.49. The fourth-order valence-electron chi connectivity index (χ4n) is 3.56. The molecule has 3 rings (SSSR count). The number of aromatic nitrogens is 1. The van der Waals surface area contributed by atoms with E-state index in [1.165, 1.54) is 17.5 Å². The maximum atomic E-state index is 12.3. The maximum absolute atomic E-state index is 12.3. The zero-order valence-corrected chi connectivity index (χ0v) is 16.8. The number of nitrogens with zero attached hydrogens (tertiary/aromatic N) is 2. The lowest BCUT2D eigenvalue weighted by Gasteiger charge is -2.23. The standard InChI is InChI=1S/C23H31N3O2/c1-2-3-7-21-18-26(17-20-6-4-5-8-22(20)28-21)16-12-23(27)25-15-11-19-9-13-24-14-10-19/h4-6,8-10,13-14,21H,2-3,7,11-12,15-18H2,1H3,(H,25,27)/t21-/m1/s1. The molecule has 0 bridgehead atoms. The summed E-state index contributed by atoms with van der Waals surface area (Å²) >= 11 is 0. The molecule has 1 aromatic carbocycles. The fraction of sp³-hybridized carbons (Fsp3) is 0.478. The third-order valence-corrected chi connectivity index (χ3v) is 5.14. The third kappa shape index (κ3) is 6.34. The lowest BCUT2D eigenvalue weighted by molar-refractivity contribution is -0.121. The maximum Gasteiger partial charge on any atom is 0.221 e. The Morgan fingerprint density at radius 3 is 2.89 bits per heavy atom. The molecule has 0 radical (unpaired) electrons. The van der Waals surface area contributed by atoms with Crippen molar-refractivity contribution in [2.24, 2.45) is 0 Å². The van der Waals surface area contributed by atoms with Gasteiger partial charge in [-0.25, -0.2) is 0 Å². The summed E-state index contributed by atoms with van der Waals surface area (Å²) < 4.78 is 6.26. The first-order valence-electron chi connectivity index (χ1n) is 10.4. The van der Waals surface area contributed by atoms with Crippen molar-refractivity contribution >= 4 is 5.91 Å². The van der Waals surface area contributed by atoms with Gasteiger partial charge in [0, 0.05) is 50.6 Å². The van der Waals surface area contributed by atoms with Crippen LogP contribution in [0.3, 0.4) is 0 Å². The Kier molecular flexibility index (Phi) is 7.85.